The standard InChI is InChI=1S/C12H14BrCl2NOS/c13-4-3-8-2-1-5-16(7-8)12(17)9-6-10(14)18-11(9)15/h6,8H,1-5,7H2. The minimum atomic E-state index is 0.0161. The maximum Gasteiger partial charge on any atom is 0.256 e. The van der Waals surface area contributed by atoms with Gasteiger partial charge in [0.25, 0.3) is 5.91 Å². The summed E-state index contributed by atoms with van der Waals surface area (Å²) in [5.74, 6) is 0.609. The molecule has 0 radical (unpaired) electrons. The van der Waals surface area contributed by atoms with E-state index >= 15 is 0 Å². The second-order valence-electron chi connectivity index (χ2n) is 4.47. The Bertz CT molecular complexity index is 436. The van der Waals surface area contributed by atoms with Gasteiger partial charge in [-0.3, -0.25) is 4.79 Å². The molecule has 0 bridgehead atoms. The van der Waals surface area contributed by atoms with Crippen molar-refractivity contribution in [2.75, 3.05) is 18.4 Å². The highest BCUT2D eigenvalue weighted by molar-refractivity contribution is 9.09. The highest BCUT2D eigenvalue weighted by Crippen LogP contribution is 2.33. The number of halogens is 3. The molecule has 1 aliphatic rings. The molecule has 0 N–H and O–H groups in total. The summed E-state index contributed by atoms with van der Waals surface area (Å²) in [6, 6.07) is 1.67. The predicted octanol–water partition coefficient (Wildman–Crippen LogP) is 4.69. The first kappa shape index (κ1) is 14.6. The lowest BCUT2D eigenvalue weighted by molar-refractivity contribution is 0.0672. The lowest BCUT2D eigenvalue weighted by Gasteiger charge is -2.32. The van der Waals surface area contributed by atoms with Crippen LogP contribution in [-0.2, 0) is 0 Å². The molecule has 1 fully saturated rings. The van der Waals surface area contributed by atoms with Crippen molar-refractivity contribution >= 4 is 56.4 Å². The van der Waals surface area contributed by atoms with Crippen LogP contribution < -0.4 is 0 Å². The van der Waals surface area contributed by atoms with E-state index in [1.54, 1.807) is 6.07 Å². The van der Waals surface area contributed by atoms with Crippen LogP contribution >= 0.6 is 50.5 Å². The lowest BCUT2D eigenvalue weighted by atomic mass is 9.95. The van der Waals surface area contributed by atoms with Crippen molar-refractivity contribution in [1.29, 1.82) is 0 Å². The molecule has 0 aliphatic carbocycles. The Labute approximate surface area is 129 Å². The van der Waals surface area contributed by atoms with E-state index in [9.17, 15) is 4.79 Å². The Balaban J connectivity index is 2.06. The number of likely N-dealkylation sites (tertiary alicyclic amines) is 1. The number of amides is 1. The molecule has 2 heterocycles. The van der Waals surface area contributed by atoms with E-state index in [4.69, 9.17) is 23.2 Å². The van der Waals surface area contributed by atoms with Crippen LogP contribution in [-0.4, -0.2) is 29.2 Å². The lowest BCUT2D eigenvalue weighted by Crippen LogP contribution is -2.40. The Hall–Kier alpha value is 0.230. The van der Waals surface area contributed by atoms with Gasteiger partial charge in [0, 0.05) is 18.4 Å². The molecule has 18 heavy (non-hydrogen) atoms. The summed E-state index contributed by atoms with van der Waals surface area (Å²) in [5, 5.41) is 0.991. The van der Waals surface area contributed by atoms with Crippen molar-refractivity contribution in [3.05, 3.63) is 20.3 Å². The first-order valence-corrected chi connectivity index (χ1v) is 8.61. The number of carbonyl (C=O) groups is 1. The number of alkyl halides is 1. The number of carbonyl (C=O) groups excluding carboxylic acids is 1. The normalized spacial score (nSPS) is 20.2. The SMILES string of the molecule is O=C(c1cc(Cl)sc1Cl)N1CCCC(CCBr)C1. The molecule has 1 aromatic heterocycles. The molecule has 0 aromatic carbocycles. The largest absolute Gasteiger partial charge is 0.338 e. The Kier molecular flexibility index (Phi) is 5.36. The summed E-state index contributed by atoms with van der Waals surface area (Å²) in [7, 11) is 0. The van der Waals surface area contributed by atoms with E-state index in [0.717, 1.165) is 31.3 Å². The second kappa shape index (κ2) is 6.60. The molecule has 6 heteroatoms. The first-order chi connectivity index (χ1) is 8.61. The van der Waals surface area contributed by atoms with E-state index in [0.29, 0.717) is 20.2 Å². The van der Waals surface area contributed by atoms with Crippen molar-refractivity contribution < 1.29 is 4.79 Å². The molecule has 2 nitrogen and oxygen atoms in total. The van der Waals surface area contributed by atoms with Crippen molar-refractivity contribution in [3.8, 4) is 0 Å². The second-order valence-corrected chi connectivity index (χ2v) is 7.55. The fraction of sp³-hybridized carbons (Fsp3) is 0.583. The maximum atomic E-state index is 12.4. The van der Waals surface area contributed by atoms with Crippen LogP contribution in [0.3, 0.4) is 0 Å². The van der Waals surface area contributed by atoms with Crippen molar-refractivity contribution in [1.82, 2.24) is 4.90 Å². The van der Waals surface area contributed by atoms with Gasteiger partial charge in [0.05, 0.1) is 9.90 Å². The van der Waals surface area contributed by atoms with Gasteiger partial charge in [-0.2, -0.15) is 0 Å². The van der Waals surface area contributed by atoms with E-state index in [2.05, 4.69) is 15.9 Å². The average Bonchev–Trinajstić information content (AvgIpc) is 2.68. The van der Waals surface area contributed by atoms with Gasteiger partial charge in [-0.1, -0.05) is 39.1 Å². The molecular weight excluding hydrogens is 357 g/mol. The number of hydrogen-bond acceptors (Lipinski definition) is 2. The van der Waals surface area contributed by atoms with Gasteiger partial charge in [0.2, 0.25) is 0 Å². The topological polar surface area (TPSA) is 20.3 Å². The van der Waals surface area contributed by atoms with Gasteiger partial charge in [-0.25, -0.2) is 0 Å². The predicted molar refractivity (Wildman–Crippen MR) is 81.4 cm³/mol. The molecule has 0 saturated carbocycles. The van der Waals surface area contributed by atoms with Crippen LogP contribution in [0, 0.1) is 5.92 Å². The molecule has 1 saturated heterocycles. The number of thiophene rings is 1. The van der Waals surface area contributed by atoms with Gasteiger partial charge in [-0.15, -0.1) is 11.3 Å². The van der Waals surface area contributed by atoms with Crippen LogP contribution in [0.25, 0.3) is 0 Å². The number of hydrogen-bond donors (Lipinski definition) is 0. The van der Waals surface area contributed by atoms with Crippen molar-refractivity contribution in [2.45, 2.75) is 19.3 Å². The van der Waals surface area contributed by atoms with Crippen LogP contribution in [0.4, 0.5) is 0 Å². The van der Waals surface area contributed by atoms with Gasteiger partial charge < -0.3 is 4.90 Å². The van der Waals surface area contributed by atoms with Crippen LogP contribution in [0.5, 0.6) is 0 Å². The minimum Gasteiger partial charge on any atom is -0.338 e. The first-order valence-electron chi connectivity index (χ1n) is 5.92. The fourth-order valence-corrected chi connectivity index (χ4v) is 4.39. The zero-order chi connectivity index (χ0) is 13.1. The molecule has 2 rings (SSSR count). The highest BCUT2D eigenvalue weighted by atomic mass is 79.9. The molecule has 1 aromatic rings. The van der Waals surface area contributed by atoms with Gasteiger partial charge in [0.15, 0.2) is 0 Å². The summed E-state index contributed by atoms with van der Waals surface area (Å²) in [5.41, 5.74) is 0.547. The van der Waals surface area contributed by atoms with E-state index < -0.39 is 0 Å². The number of rotatable bonds is 3. The van der Waals surface area contributed by atoms with Crippen molar-refractivity contribution in [2.24, 2.45) is 5.92 Å². The van der Waals surface area contributed by atoms with E-state index in [-0.39, 0.29) is 5.91 Å². The third kappa shape index (κ3) is 3.41. The Morgan fingerprint density at radius 1 is 1.56 bits per heavy atom. The molecule has 1 unspecified atom stereocenters. The smallest absolute Gasteiger partial charge is 0.256 e. The Morgan fingerprint density at radius 3 is 2.94 bits per heavy atom. The highest BCUT2D eigenvalue weighted by Gasteiger charge is 2.26. The summed E-state index contributed by atoms with van der Waals surface area (Å²) in [6.07, 6.45) is 3.38. The van der Waals surface area contributed by atoms with E-state index in [1.165, 1.54) is 17.8 Å². The zero-order valence-corrected chi connectivity index (χ0v) is 13.7. The zero-order valence-electron chi connectivity index (χ0n) is 9.79. The van der Waals surface area contributed by atoms with Crippen LogP contribution in [0.1, 0.15) is 29.6 Å². The summed E-state index contributed by atoms with van der Waals surface area (Å²) in [4.78, 5) is 14.3. The quantitative estimate of drug-likeness (QED) is 0.706. The average molecular weight is 371 g/mol. The summed E-state index contributed by atoms with van der Waals surface area (Å²) >= 11 is 16.6. The van der Waals surface area contributed by atoms with Crippen molar-refractivity contribution in [3.63, 3.8) is 0 Å². The number of piperidine rings is 1. The Morgan fingerprint density at radius 2 is 2.33 bits per heavy atom. The number of nitrogens with zero attached hydrogens (tertiary/aromatic N) is 1. The van der Waals surface area contributed by atoms with Gasteiger partial charge >= 0.3 is 0 Å². The summed E-state index contributed by atoms with van der Waals surface area (Å²) < 4.78 is 1.06. The molecule has 1 atom stereocenters. The molecule has 100 valence electrons. The molecular formula is C12H14BrCl2NOS. The molecule has 1 aliphatic heterocycles. The fourth-order valence-electron chi connectivity index (χ4n) is 2.30. The van der Waals surface area contributed by atoms with E-state index in [1.807, 2.05) is 4.90 Å². The minimum absolute atomic E-state index is 0.0161. The molecule has 1 amide bonds. The molecule has 0 spiro atoms. The third-order valence-electron chi connectivity index (χ3n) is 3.21. The van der Waals surface area contributed by atoms with Gasteiger partial charge in [0.1, 0.15) is 4.34 Å². The maximum absolute atomic E-state index is 12.4. The van der Waals surface area contributed by atoms with Crippen LogP contribution in [0.15, 0.2) is 6.07 Å². The van der Waals surface area contributed by atoms with Crippen LogP contribution in [0.2, 0.25) is 8.67 Å². The third-order valence-corrected chi connectivity index (χ3v) is 5.16. The summed E-state index contributed by atoms with van der Waals surface area (Å²) in [6.45, 7) is 1.65. The van der Waals surface area contributed by atoms with Gasteiger partial charge in [-0.05, 0) is 31.2 Å². The monoisotopic (exact) mass is 369 g/mol.